The molecule has 4 fully saturated rings. The highest BCUT2D eigenvalue weighted by molar-refractivity contribution is 9.09. The number of hydrogen-bond donors (Lipinski definition) is 0. The van der Waals surface area contributed by atoms with Crippen LogP contribution in [0.2, 0.25) is 0 Å². The lowest BCUT2D eigenvalue weighted by atomic mass is 9.61. The third-order valence-electron chi connectivity index (χ3n) is 8.63. The van der Waals surface area contributed by atoms with Crippen LogP contribution in [-0.4, -0.2) is 34.8 Å². The Morgan fingerprint density at radius 3 is 1.91 bits per heavy atom. The van der Waals surface area contributed by atoms with Crippen molar-refractivity contribution in [3.8, 4) is 6.07 Å². The average molecular weight is 539 g/mol. The summed E-state index contributed by atoms with van der Waals surface area (Å²) in [4.78, 5) is 12.7. The van der Waals surface area contributed by atoms with E-state index >= 15 is 0 Å². The minimum atomic E-state index is -0.360. The molecule has 0 aromatic heterocycles. The predicted molar refractivity (Wildman–Crippen MR) is 144 cm³/mol. The van der Waals surface area contributed by atoms with E-state index in [1.807, 2.05) is 7.05 Å². The van der Waals surface area contributed by atoms with Gasteiger partial charge in [0.25, 0.3) is 0 Å². The lowest BCUT2D eigenvalue weighted by Crippen LogP contribution is -2.34. The number of piperidine rings is 1. The molecule has 6 heteroatoms. The molecule has 34 heavy (non-hydrogen) atoms. The lowest BCUT2D eigenvalue weighted by Gasteiger charge is -2.41. The largest absolute Gasteiger partial charge is 0.306 e. The van der Waals surface area contributed by atoms with Crippen LogP contribution < -0.4 is 0 Å². The smallest absolute Gasteiger partial charge is 0.233 e. The van der Waals surface area contributed by atoms with Crippen LogP contribution in [0.25, 0.3) is 0 Å². The highest BCUT2D eigenvalue weighted by Gasteiger charge is 2.40. The number of nitriles is 1. The number of halogens is 1. The normalized spacial score (nSPS) is 31.6. The molecule has 3 saturated carbocycles. The standard InChI is InChI=1S/C14H23N.C7H13Br.C7H12N2O2/c1-12-5-7-13(8-6-12)14(11-15)9-3-2-4-10-14;1-6-2-4-7(8)5-3-6;1-8-4-2-7(3-5-8)6-9(10)11/h12-13H,2-10H2,1H3;6-7H,2-5H2,1H3;6H,2-5H2,1H3. The van der Waals surface area contributed by atoms with Gasteiger partial charge in [0.15, 0.2) is 0 Å². The molecule has 0 spiro atoms. The quantitative estimate of drug-likeness (QED) is 0.202. The van der Waals surface area contributed by atoms with E-state index in [1.54, 1.807) is 0 Å². The van der Waals surface area contributed by atoms with Gasteiger partial charge in [-0.3, -0.25) is 10.1 Å². The second-order valence-electron chi connectivity index (χ2n) is 11.5. The Labute approximate surface area is 217 Å². The van der Waals surface area contributed by atoms with Crippen LogP contribution in [0.3, 0.4) is 0 Å². The molecule has 0 amide bonds. The number of rotatable bonds is 2. The zero-order valence-corrected chi connectivity index (χ0v) is 23.5. The number of hydrogen-bond acceptors (Lipinski definition) is 4. The fraction of sp³-hybridized carbons (Fsp3) is 0.893. The summed E-state index contributed by atoms with van der Waals surface area (Å²) >= 11 is 3.62. The third-order valence-corrected chi connectivity index (χ3v) is 9.54. The second-order valence-corrected chi connectivity index (χ2v) is 12.8. The Bertz CT molecular complexity index is 648. The first-order chi connectivity index (χ1) is 16.2. The summed E-state index contributed by atoms with van der Waals surface area (Å²) in [6.45, 7) is 6.59. The summed E-state index contributed by atoms with van der Waals surface area (Å²) in [5, 5.41) is 19.6. The Hall–Kier alpha value is -0.930. The molecule has 1 heterocycles. The minimum Gasteiger partial charge on any atom is -0.306 e. The number of nitrogens with zero attached hydrogens (tertiary/aromatic N) is 3. The number of nitro groups is 1. The van der Waals surface area contributed by atoms with Gasteiger partial charge < -0.3 is 4.90 Å². The van der Waals surface area contributed by atoms with Crippen molar-refractivity contribution in [1.82, 2.24) is 4.90 Å². The van der Waals surface area contributed by atoms with Crippen molar-refractivity contribution in [3.05, 3.63) is 21.9 Å². The molecule has 0 atom stereocenters. The Balaban J connectivity index is 0.000000190. The molecule has 4 aliphatic rings. The molecule has 0 aromatic carbocycles. The number of alkyl halides is 1. The van der Waals surface area contributed by atoms with Crippen molar-refractivity contribution in [2.75, 3.05) is 20.1 Å². The van der Waals surface area contributed by atoms with E-state index in [0.717, 1.165) is 60.3 Å². The average Bonchev–Trinajstić information content (AvgIpc) is 2.84. The van der Waals surface area contributed by atoms with Gasteiger partial charge in [-0.15, -0.1) is 0 Å². The van der Waals surface area contributed by atoms with E-state index in [9.17, 15) is 15.4 Å². The fourth-order valence-electron chi connectivity index (χ4n) is 6.01. The molecular weight excluding hydrogens is 490 g/mol. The van der Waals surface area contributed by atoms with Crippen molar-refractivity contribution in [2.24, 2.45) is 23.2 Å². The van der Waals surface area contributed by atoms with Gasteiger partial charge in [0.2, 0.25) is 6.20 Å². The lowest BCUT2D eigenvalue weighted by molar-refractivity contribution is -0.403. The van der Waals surface area contributed by atoms with Crippen LogP contribution >= 0.6 is 15.9 Å². The van der Waals surface area contributed by atoms with Crippen LogP contribution in [0, 0.1) is 44.6 Å². The van der Waals surface area contributed by atoms with Gasteiger partial charge in [0, 0.05) is 23.5 Å². The monoisotopic (exact) mass is 537 g/mol. The van der Waals surface area contributed by atoms with Gasteiger partial charge in [-0.1, -0.05) is 61.9 Å². The zero-order chi connectivity index (χ0) is 25.0. The summed E-state index contributed by atoms with van der Waals surface area (Å²) in [6, 6.07) is 2.70. The van der Waals surface area contributed by atoms with E-state index in [-0.39, 0.29) is 10.3 Å². The van der Waals surface area contributed by atoms with Crippen LogP contribution in [0.15, 0.2) is 11.8 Å². The molecule has 5 nitrogen and oxygen atoms in total. The first kappa shape index (κ1) is 29.3. The van der Waals surface area contributed by atoms with Gasteiger partial charge in [0.05, 0.1) is 16.4 Å². The van der Waals surface area contributed by atoms with Gasteiger partial charge >= 0.3 is 0 Å². The maximum absolute atomic E-state index is 10.1. The molecule has 0 bridgehead atoms. The summed E-state index contributed by atoms with van der Waals surface area (Å²) in [5.41, 5.74) is 1.05. The molecule has 4 rings (SSSR count). The highest BCUT2D eigenvalue weighted by atomic mass is 79.9. The molecule has 1 saturated heterocycles. The molecule has 0 aromatic rings. The molecule has 194 valence electrons. The van der Waals surface area contributed by atoms with Crippen LogP contribution in [-0.2, 0) is 0 Å². The Kier molecular flexibility index (Phi) is 13.1. The van der Waals surface area contributed by atoms with Crippen LogP contribution in [0.1, 0.15) is 110 Å². The highest BCUT2D eigenvalue weighted by Crippen LogP contribution is 2.48. The van der Waals surface area contributed by atoms with E-state index < -0.39 is 0 Å². The first-order valence-corrected chi connectivity index (χ1v) is 14.7. The van der Waals surface area contributed by atoms with Crippen molar-refractivity contribution < 1.29 is 4.92 Å². The molecule has 0 radical (unpaired) electrons. The Morgan fingerprint density at radius 2 is 1.47 bits per heavy atom. The second kappa shape index (κ2) is 15.2. The summed E-state index contributed by atoms with van der Waals surface area (Å²) < 4.78 is 0. The van der Waals surface area contributed by atoms with Gasteiger partial charge in [-0.05, 0) is 89.0 Å². The molecule has 0 N–H and O–H groups in total. The molecule has 0 unspecified atom stereocenters. The van der Waals surface area contributed by atoms with E-state index in [1.165, 1.54) is 83.5 Å². The van der Waals surface area contributed by atoms with Gasteiger partial charge in [-0.25, -0.2) is 0 Å². The number of likely N-dealkylation sites (tertiary alicyclic amines) is 1. The van der Waals surface area contributed by atoms with Crippen molar-refractivity contribution >= 4 is 15.9 Å². The fourth-order valence-corrected chi connectivity index (χ4v) is 6.54. The zero-order valence-electron chi connectivity index (χ0n) is 21.9. The van der Waals surface area contributed by atoms with Crippen LogP contribution in [0.4, 0.5) is 0 Å². The molecular formula is C28H48BrN3O2. The Morgan fingerprint density at radius 1 is 0.971 bits per heavy atom. The maximum atomic E-state index is 10.1. The first-order valence-electron chi connectivity index (χ1n) is 13.8. The third kappa shape index (κ3) is 10.4. The predicted octanol–water partition coefficient (Wildman–Crippen LogP) is 8.12. The molecule has 3 aliphatic carbocycles. The van der Waals surface area contributed by atoms with E-state index in [2.05, 4.69) is 40.7 Å². The van der Waals surface area contributed by atoms with E-state index in [4.69, 9.17) is 0 Å². The SMILES string of the molecule is CC1CCC(Br)CC1.CC1CCC(C2(C#N)CCCCC2)CC1.CN1CCC(=C[N+](=O)[O-])CC1. The van der Waals surface area contributed by atoms with Gasteiger partial charge in [-0.2, -0.15) is 5.26 Å². The van der Waals surface area contributed by atoms with Crippen molar-refractivity contribution in [1.29, 1.82) is 5.26 Å². The van der Waals surface area contributed by atoms with Crippen LogP contribution in [0.5, 0.6) is 0 Å². The summed E-state index contributed by atoms with van der Waals surface area (Å²) in [5.74, 6) is 2.61. The molecule has 1 aliphatic heterocycles. The summed E-state index contributed by atoms with van der Waals surface area (Å²) in [7, 11) is 2.03. The summed E-state index contributed by atoms with van der Waals surface area (Å²) in [6.07, 6.45) is 20.1. The van der Waals surface area contributed by atoms with E-state index in [0.29, 0.717) is 0 Å². The minimum absolute atomic E-state index is 0.0817. The topological polar surface area (TPSA) is 70.2 Å². The van der Waals surface area contributed by atoms with Crippen molar-refractivity contribution in [3.63, 3.8) is 0 Å². The van der Waals surface area contributed by atoms with Crippen molar-refractivity contribution in [2.45, 2.75) is 115 Å². The maximum Gasteiger partial charge on any atom is 0.233 e. The van der Waals surface area contributed by atoms with Gasteiger partial charge in [0.1, 0.15) is 0 Å².